The lowest BCUT2D eigenvalue weighted by Gasteiger charge is -2.00. The number of hydrogen-bond acceptors (Lipinski definition) is 3. The first-order chi connectivity index (χ1) is 7.40. The summed E-state index contributed by atoms with van der Waals surface area (Å²) < 4.78 is 5.60. The van der Waals surface area contributed by atoms with Crippen LogP contribution in [0.2, 0.25) is 0 Å². The Hall–Kier alpha value is -0.820. The maximum Gasteiger partial charge on any atom is 0.104 e. The number of aliphatic hydroxyl groups is 1. The molecule has 1 saturated carbocycles. The average molecular weight is 222 g/mol. The van der Waals surface area contributed by atoms with E-state index in [4.69, 9.17) is 9.84 Å². The molecule has 0 spiro atoms. The molecule has 3 heteroatoms. The van der Waals surface area contributed by atoms with Gasteiger partial charge in [-0.05, 0) is 30.2 Å². The molecule has 1 fully saturated rings. The van der Waals surface area contributed by atoms with Gasteiger partial charge in [-0.1, -0.05) is 11.8 Å². The first-order valence-electron chi connectivity index (χ1n) is 5.14. The second kappa shape index (κ2) is 5.32. The fraction of sp³-hybridized carbons (Fsp3) is 0.500. The first-order valence-corrected chi connectivity index (χ1v) is 6.02. The van der Waals surface area contributed by atoms with Crippen LogP contribution in [0, 0.1) is 17.8 Å². The number of thiophene rings is 1. The minimum absolute atomic E-state index is 0.0851. The summed E-state index contributed by atoms with van der Waals surface area (Å²) in [6.07, 6.45) is 2.64. The molecule has 1 aromatic rings. The van der Waals surface area contributed by atoms with Crippen molar-refractivity contribution in [2.24, 2.45) is 5.92 Å². The van der Waals surface area contributed by atoms with Crippen molar-refractivity contribution < 1.29 is 9.84 Å². The van der Waals surface area contributed by atoms with Crippen LogP contribution in [0.5, 0.6) is 0 Å². The molecule has 0 amide bonds. The van der Waals surface area contributed by atoms with Crippen molar-refractivity contribution in [2.75, 3.05) is 13.2 Å². The molecule has 1 heterocycles. The molecule has 1 aliphatic carbocycles. The molecule has 1 aromatic heterocycles. The molecule has 0 aliphatic heterocycles. The van der Waals surface area contributed by atoms with Gasteiger partial charge in [0.25, 0.3) is 0 Å². The predicted molar refractivity (Wildman–Crippen MR) is 60.7 cm³/mol. The lowest BCUT2D eigenvalue weighted by atomic mass is 10.2. The smallest absolute Gasteiger partial charge is 0.104 e. The zero-order valence-electron chi connectivity index (χ0n) is 8.53. The van der Waals surface area contributed by atoms with Crippen molar-refractivity contribution in [3.8, 4) is 11.8 Å². The minimum atomic E-state index is -0.0851. The summed E-state index contributed by atoms with van der Waals surface area (Å²) in [4.78, 5) is 1.16. The van der Waals surface area contributed by atoms with Crippen LogP contribution in [-0.4, -0.2) is 18.3 Å². The van der Waals surface area contributed by atoms with Crippen LogP contribution >= 0.6 is 11.3 Å². The van der Waals surface area contributed by atoms with Crippen molar-refractivity contribution in [1.29, 1.82) is 0 Å². The van der Waals surface area contributed by atoms with Crippen molar-refractivity contribution in [3.05, 3.63) is 21.9 Å². The molecular formula is C12H14O2S. The van der Waals surface area contributed by atoms with Gasteiger partial charge in [-0.2, -0.15) is 0 Å². The van der Waals surface area contributed by atoms with Crippen molar-refractivity contribution in [3.63, 3.8) is 0 Å². The highest BCUT2D eigenvalue weighted by Gasteiger charge is 2.21. The van der Waals surface area contributed by atoms with Crippen LogP contribution in [0.15, 0.2) is 11.4 Å². The zero-order chi connectivity index (χ0) is 10.5. The van der Waals surface area contributed by atoms with Crippen LogP contribution < -0.4 is 0 Å². The third-order valence-electron chi connectivity index (χ3n) is 2.33. The largest absolute Gasteiger partial charge is 0.384 e. The zero-order valence-corrected chi connectivity index (χ0v) is 9.35. The van der Waals surface area contributed by atoms with Gasteiger partial charge in [0.15, 0.2) is 0 Å². The van der Waals surface area contributed by atoms with Crippen LogP contribution in [0.4, 0.5) is 0 Å². The Morgan fingerprint density at radius 3 is 3.13 bits per heavy atom. The Bertz CT molecular complexity index is 368. The summed E-state index contributed by atoms with van der Waals surface area (Å²) >= 11 is 1.66. The van der Waals surface area contributed by atoms with Crippen molar-refractivity contribution in [2.45, 2.75) is 19.4 Å². The van der Waals surface area contributed by atoms with E-state index < -0.39 is 0 Å². The number of rotatable bonds is 4. The summed E-state index contributed by atoms with van der Waals surface area (Å²) in [7, 11) is 0. The first kappa shape index (κ1) is 10.7. The SMILES string of the molecule is OCC#Cc1ccsc1COCC1CC1. The van der Waals surface area contributed by atoms with E-state index in [0.717, 1.165) is 23.0 Å². The van der Waals surface area contributed by atoms with E-state index in [0.29, 0.717) is 6.61 Å². The fourth-order valence-electron chi connectivity index (χ4n) is 1.30. The van der Waals surface area contributed by atoms with Gasteiger partial charge in [0.2, 0.25) is 0 Å². The number of aliphatic hydroxyl groups excluding tert-OH is 1. The van der Waals surface area contributed by atoms with Crippen molar-refractivity contribution in [1.82, 2.24) is 0 Å². The molecule has 0 saturated heterocycles. The molecule has 1 N–H and O–H groups in total. The maximum absolute atomic E-state index is 8.61. The topological polar surface area (TPSA) is 29.5 Å². The standard InChI is InChI=1S/C12H14O2S/c13-6-1-2-11-5-7-15-12(11)9-14-8-10-3-4-10/h5,7,10,13H,3-4,6,8-9H2. The van der Waals surface area contributed by atoms with Gasteiger partial charge in [0.1, 0.15) is 6.61 Å². The average Bonchev–Trinajstić information content (AvgIpc) is 2.95. The minimum Gasteiger partial charge on any atom is -0.384 e. The molecule has 0 atom stereocenters. The third-order valence-corrected chi connectivity index (χ3v) is 3.23. The van der Waals surface area contributed by atoms with Gasteiger partial charge in [0, 0.05) is 17.0 Å². The molecule has 15 heavy (non-hydrogen) atoms. The highest BCUT2D eigenvalue weighted by atomic mass is 32.1. The van der Waals surface area contributed by atoms with Gasteiger partial charge in [-0.15, -0.1) is 11.3 Å². The lowest BCUT2D eigenvalue weighted by Crippen LogP contribution is -1.96. The van der Waals surface area contributed by atoms with Gasteiger partial charge in [-0.3, -0.25) is 0 Å². The Morgan fingerprint density at radius 2 is 2.40 bits per heavy atom. The summed E-state index contributed by atoms with van der Waals surface area (Å²) in [5.74, 6) is 6.39. The molecule has 0 aromatic carbocycles. The lowest BCUT2D eigenvalue weighted by molar-refractivity contribution is 0.113. The maximum atomic E-state index is 8.61. The third kappa shape index (κ3) is 3.35. The van der Waals surface area contributed by atoms with E-state index in [9.17, 15) is 0 Å². The summed E-state index contributed by atoms with van der Waals surface area (Å²) in [6, 6.07) is 1.98. The Morgan fingerprint density at radius 1 is 1.53 bits per heavy atom. The van der Waals surface area contributed by atoms with E-state index in [2.05, 4.69) is 11.8 Å². The molecular weight excluding hydrogens is 208 g/mol. The molecule has 0 bridgehead atoms. The number of hydrogen-bond donors (Lipinski definition) is 1. The van der Waals surface area contributed by atoms with Crippen LogP contribution in [0.25, 0.3) is 0 Å². The van der Waals surface area contributed by atoms with Gasteiger partial charge >= 0.3 is 0 Å². The molecule has 0 unspecified atom stereocenters. The number of ether oxygens (including phenoxy) is 1. The predicted octanol–water partition coefficient (Wildman–Crippen LogP) is 2.02. The van der Waals surface area contributed by atoms with Gasteiger partial charge in [-0.25, -0.2) is 0 Å². The molecule has 1 aliphatic rings. The quantitative estimate of drug-likeness (QED) is 0.790. The van der Waals surface area contributed by atoms with E-state index >= 15 is 0 Å². The van der Waals surface area contributed by atoms with Gasteiger partial charge in [0.05, 0.1) is 6.61 Å². The molecule has 2 rings (SSSR count). The second-order valence-corrected chi connectivity index (χ2v) is 4.68. The Balaban J connectivity index is 1.85. The van der Waals surface area contributed by atoms with E-state index in [1.807, 2.05) is 11.4 Å². The summed E-state index contributed by atoms with van der Waals surface area (Å²) in [5, 5.41) is 10.6. The second-order valence-electron chi connectivity index (χ2n) is 3.68. The van der Waals surface area contributed by atoms with Crippen LogP contribution in [0.1, 0.15) is 23.3 Å². The van der Waals surface area contributed by atoms with Crippen LogP contribution in [0.3, 0.4) is 0 Å². The van der Waals surface area contributed by atoms with Gasteiger partial charge < -0.3 is 9.84 Å². The summed E-state index contributed by atoms with van der Waals surface area (Å²) in [6.45, 7) is 1.45. The summed E-state index contributed by atoms with van der Waals surface area (Å²) in [5.41, 5.74) is 0.991. The fourth-order valence-corrected chi connectivity index (χ4v) is 2.07. The normalized spacial score (nSPS) is 14.7. The Labute approximate surface area is 93.9 Å². The van der Waals surface area contributed by atoms with E-state index in [1.54, 1.807) is 11.3 Å². The Kier molecular flexibility index (Phi) is 3.79. The van der Waals surface area contributed by atoms with E-state index in [1.165, 1.54) is 12.8 Å². The molecule has 80 valence electrons. The van der Waals surface area contributed by atoms with E-state index in [-0.39, 0.29) is 6.61 Å². The molecule has 2 nitrogen and oxygen atoms in total. The monoisotopic (exact) mass is 222 g/mol. The van der Waals surface area contributed by atoms with Crippen LogP contribution in [-0.2, 0) is 11.3 Å². The highest BCUT2D eigenvalue weighted by Crippen LogP contribution is 2.29. The molecule has 0 radical (unpaired) electrons. The van der Waals surface area contributed by atoms with Crippen molar-refractivity contribution >= 4 is 11.3 Å². The highest BCUT2D eigenvalue weighted by molar-refractivity contribution is 7.10.